The molecular weight excluding hydrogens is 416 g/mol. The molecular formula is C22H34N4O4S. The van der Waals surface area contributed by atoms with Crippen LogP contribution < -0.4 is 11.1 Å². The summed E-state index contributed by atoms with van der Waals surface area (Å²) in [6.07, 6.45) is 5.18. The molecule has 3 N–H and O–H groups in total. The van der Waals surface area contributed by atoms with Crippen molar-refractivity contribution in [1.29, 1.82) is 0 Å². The number of nitrogens with zero attached hydrogens (tertiary/aromatic N) is 2. The van der Waals surface area contributed by atoms with Crippen LogP contribution in [-0.4, -0.2) is 61.8 Å². The Hall–Kier alpha value is -1.97. The molecule has 2 aliphatic rings. The lowest BCUT2D eigenvalue weighted by molar-refractivity contribution is -0.147. The second-order valence-corrected chi connectivity index (χ2v) is 10.4. The molecule has 0 spiro atoms. The molecule has 0 radical (unpaired) electrons. The molecule has 1 saturated carbocycles. The molecule has 8 nitrogen and oxygen atoms in total. The molecule has 1 unspecified atom stereocenters. The summed E-state index contributed by atoms with van der Waals surface area (Å²) in [5, 5.41) is 2.69. The molecule has 1 heterocycles. The maximum Gasteiger partial charge on any atom is 0.259 e. The average molecular weight is 451 g/mol. The summed E-state index contributed by atoms with van der Waals surface area (Å²) < 4.78 is 27.7. The van der Waals surface area contributed by atoms with Crippen LogP contribution in [0.1, 0.15) is 50.5 Å². The minimum atomic E-state index is -3.81. The van der Waals surface area contributed by atoms with Gasteiger partial charge in [0.15, 0.2) is 6.17 Å². The second-order valence-electron chi connectivity index (χ2n) is 8.44. The van der Waals surface area contributed by atoms with Crippen molar-refractivity contribution >= 4 is 21.8 Å². The molecule has 3 rings (SSSR count). The predicted octanol–water partition coefficient (Wildman–Crippen LogP) is 1.42. The predicted molar refractivity (Wildman–Crippen MR) is 119 cm³/mol. The Morgan fingerprint density at radius 2 is 1.77 bits per heavy atom. The van der Waals surface area contributed by atoms with Gasteiger partial charge in [-0.1, -0.05) is 56.0 Å². The van der Waals surface area contributed by atoms with E-state index in [2.05, 4.69) is 5.32 Å². The van der Waals surface area contributed by atoms with Gasteiger partial charge in [-0.3, -0.25) is 9.59 Å². The van der Waals surface area contributed by atoms with E-state index in [0.29, 0.717) is 30.9 Å². The number of benzene rings is 1. The van der Waals surface area contributed by atoms with Gasteiger partial charge in [0.05, 0.1) is 5.75 Å². The third-order valence-corrected chi connectivity index (χ3v) is 7.93. The summed E-state index contributed by atoms with van der Waals surface area (Å²) in [5.41, 5.74) is 6.16. The number of nitrogens with one attached hydrogen (secondary N) is 1. The zero-order valence-electron chi connectivity index (χ0n) is 18.0. The molecule has 31 heavy (non-hydrogen) atoms. The molecule has 1 aromatic carbocycles. The van der Waals surface area contributed by atoms with Crippen molar-refractivity contribution in [2.24, 2.45) is 11.7 Å². The fourth-order valence-electron chi connectivity index (χ4n) is 4.55. The Labute approximate surface area is 185 Å². The third kappa shape index (κ3) is 6.27. The van der Waals surface area contributed by atoms with E-state index in [1.807, 2.05) is 6.07 Å². The van der Waals surface area contributed by atoms with Gasteiger partial charge < -0.3 is 16.0 Å². The number of carbonyl (C=O) groups excluding carboxylic acids is 2. The van der Waals surface area contributed by atoms with Gasteiger partial charge in [-0.05, 0) is 24.3 Å². The van der Waals surface area contributed by atoms with E-state index in [4.69, 9.17) is 5.73 Å². The monoisotopic (exact) mass is 450 g/mol. The summed E-state index contributed by atoms with van der Waals surface area (Å²) in [6.45, 7) is 1.06. The van der Waals surface area contributed by atoms with Crippen LogP contribution in [0.5, 0.6) is 0 Å². The Kier molecular flexibility index (Phi) is 8.45. The van der Waals surface area contributed by atoms with Crippen LogP contribution in [0.15, 0.2) is 30.3 Å². The van der Waals surface area contributed by atoms with Gasteiger partial charge in [0.25, 0.3) is 5.91 Å². The van der Waals surface area contributed by atoms with Gasteiger partial charge in [0.1, 0.15) is 0 Å². The molecule has 1 aromatic rings. The summed E-state index contributed by atoms with van der Waals surface area (Å²) >= 11 is 0. The molecule has 2 fully saturated rings. The van der Waals surface area contributed by atoms with Gasteiger partial charge in [-0.25, -0.2) is 8.42 Å². The zero-order chi connectivity index (χ0) is 22.3. The number of nitrogens with two attached hydrogens (primary N) is 1. The van der Waals surface area contributed by atoms with E-state index in [9.17, 15) is 18.0 Å². The number of amides is 2. The van der Waals surface area contributed by atoms with Crippen LogP contribution in [0.3, 0.4) is 0 Å². The maximum atomic E-state index is 13.3. The van der Waals surface area contributed by atoms with Crippen LogP contribution in [0.25, 0.3) is 0 Å². The van der Waals surface area contributed by atoms with Crippen molar-refractivity contribution < 1.29 is 18.0 Å². The van der Waals surface area contributed by atoms with Gasteiger partial charge in [0, 0.05) is 32.6 Å². The standard InChI is InChI=1S/C22H34N4O4S/c23-13-14-24-21(28)22-25(20(27)12-11-18-7-4-5-8-18)15-6-16-26(22)31(29,30)17-19-9-2-1-3-10-19/h1-3,9-10,18,22H,4-8,11-17,23H2,(H,24,28). The number of hydrogen-bond donors (Lipinski definition) is 2. The highest BCUT2D eigenvalue weighted by atomic mass is 32.2. The van der Waals surface area contributed by atoms with E-state index >= 15 is 0 Å². The Bertz CT molecular complexity index is 840. The molecule has 1 aliphatic carbocycles. The maximum absolute atomic E-state index is 13.3. The summed E-state index contributed by atoms with van der Waals surface area (Å²) in [7, 11) is -3.81. The van der Waals surface area contributed by atoms with Gasteiger partial charge in [-0.2, -0.15) is 4.31 Å². The van der Waals surface area contributed by atoms with Gasteiger partial charge in [0.2, 0.25) is 15.9 Å². The van der Waals surface area contributed by atoms with E-state index < -0.39 is 22.1 Å². The topological polar surface area (TPSA) is 113 Å². The first-order chi connectivity index (χ1) is 14.9. The molecule has 0 aromatic heterocycles. The largest absolute Gasteiger partial charge is 0.352 e. The van der Waals surface area contributed by atoms with E-state index in [-0.39, 0.29) is 31.3 Å². The van der Waals surface area contributed by atoms with Crippen LogP contribution in [0, 0.1) is 5.92 Å². The van der Waals surface area contributed by atoms with Crippen molar-refractivity contribution in [3.63, 3.8) is 0 Å². The fourth-order valence-corrected chi connectivity index (χ4v) is 6.25. The molecule has 172 valence electrons. The summed E-state index contributed by atoms with van der Waals surface area (Å²) in [6, 6.07) is 8.88. The smallest absolute Gasteiger partial charge is 0.259 e. The first kappa shape index (κ1) is 23.7. The highest BCUT2D eigenvalue weighted by Crippen LogP contribution is 2.29. The first-order valence-corrected chi connectivity index (χ1v) is 12.8. The number of rotatable bonds is 9. The Morgan fingerprint density at radius 3 is 2.45 bits per heavy atom. The average Bonchev–Trinajstić information content (AvgIpc) is 3.29. The van der Waals surface area contributed by atoms with Gasteiger partial charge in [-0.15, -0.1) is 0 Å². The molecule has 2 amide bonds. The van der Waals surface area contributed by atoms with Crippen LogP contribution in [0.4, 0.5) is 0 Å². The van der Waals surface area contributed by atoms with Crippen molar-refractivity contribution in [1.82, 2.24) is 14.5 Å². The first-order valence-electron chi connectivity index (χ1n) is 11.2. The van der Waals surface area contributed by atoms with E-state index in [1.54, 1.807) is 24.3 Å². The van der Waals surface area contributed by atoms with Crippen LogP contribution >= 0.6 is 0 Å². The third-order valence-electron chi connectivity index (χ3n) is 6.13. The summed E-state index contributed by atoms with van der Waals surface area (Å²) in [4.78, 5) is 27.5. The Morgan fingerprint density at radius 1 is 1.06 bits per heavy atom. The van der Waals surface area contributed by atoms with Crippen molar-refractivity contribution in [2.75, 3.05) is 26.2 Å². The molecule has 1 aliphatic heterocycles. The van der Waals surface area contributed by atoms with Crippen molar-refractivity contribution in [2.45, 2.75) is 56.9 Å². The molecule has 1 atom stereocenters. The minimum absolute atomic E-state index is 0.153. The lowest BCUT2D eigenvalue weighted by Gasteiger charge is -2.42. The van der Waals surface area contributed by atoms with Crippen molar-refractivity contribution in [3.8, 4) is 0 Å². The molecule has 1 saturated heterocycles. The quantitative estimate of drug-likeness (QED) is 0.591. The van der Waals surface area contributed by atoms with Gasteiger partial charge >= 0.3 is 0 Å². The minimum Gasteiger partial charge on any atom is -0.352 e. The second kappa shape index (κ2) is 11.1. The van der Waals surface area contributed by atoms with Crippen molar-refractivity contribution in [3.05, 3.63) is 35.9 Å². The fraction of sp³-hybridized carbons (Fsp3) is 0.636. The summed E-state index contributed by atoms with van der Waals surface area (Å²) in [5.74, 6) is -0.301. The lowest BCUT2D eigenvalue weighted by atomic mass is 10.0. The number of sulfonamides is 1. The van der Waals surface area contributed by atoms with E-state index in [0.717, 1.165) is 19.3 Å². The normalized spacial score (nSPS) is 20.7. The van der Waals surface area contributed by atoms with Crippen LogP contribution in [-0.2, 0) is 25.4 Å². The highest BCUT2D eigenvalue weighted by Gasteiger charge is 2.43. The molecule has 0 bridgehead atoms. The molecule has 9 heteroatoms. The lowest BCUT2D eigenvalue weighted by Crippen LogP contribution is -2.63. The SMILES string of the molecule is NCCNC(=O)C1N(C(=O)CCC2CCCC2)CCCN1S(=O)(=O)Cc1ccccc1. The van der Waals surface area contributed by atoms with Crippen LogP contribution in [0.2, 0.25) is 0 Å². The van der Waals surface area contributed by atoms with E-state index in [1.165, 1.54) is 22.0 Å². The Balaban J connectivity index is 1.79. The highest BCUT2D eigenvalue weighted by molar-refractivity contribution is 7.88. The zero-order valence-corrected chi connectivity index (χ0v) is 18.9. The number of carbonyl (C=O) groups is 2. The number of hydrogen-bond acceptors (Lipinski definition) is 5.